The first-order valence-corrected chi connectivity index (χ1v) is 6.67. The van der Waals surface area contributed by atoms with Gasteiger partial charge in [-0.15, -0.1) is 0 Å². The molecule has 5 heteroatoms. The Hall–Kier alpha value is -2.04. The Morgan fingerprint density at radius 3 is 2.30 bits per heavy atom. The number of aliphatic carboxylic acids is 1. The largest absolute Gasteiger partial charge is 0.480 e. The number of rotatable bonds is 5. The van der Waals surface area contributed by atoms with E-state index in [4.69, 9.17) is 5.11 Å². The van der Waals surface area contributed by atoms with Crippen molar-refractivity contribution in [3.8, 4) is 0 Å². The minimum atomic E-state index is -1.25. The van der Waals surface area contributed by atoms with Gasteiger partial charge in [-0.05, 0) is 32.8 Å². The van der Waals surface area contributed by atoms with Crippen molar-refractivity contribution < 1.29 is 14.7 Å². The summed E-state index contributed by atoms with van der Waals surface area (Å²) < 4.78 is 0. The minimum absolute atomic E-state index is 0.189. The van der Waals surface area contributed by atoms with E-state index in [1.54, 1.807) is 6.92 Å². The molecule has 0 aliphatic carbocycles. The van der Waals surface area contributed by atoms with Crippen LogP contribution in [0, 0.1) is 6.92 Å². The van der Waals surface area contributed by atoms with Crippen molar-refractivity contribution in [3.05, 3.63) is 35.4 Å². The molecule has 0 aliphatic rings. The van der Waals surface area contributed by atoms with E-state index in [0.717, 1.165) is 11.1 Å². The van der Waals surface area contributed by atoms with Crippen LogP contribution in [0.5, 0.6) is 0 Å². The first-order chi connectivity index (χ1) is 9.28. The third-order valence-electron chi connectivity index (χ3n) is 3.49. The Kier molecular flexibility index (Phi) is 5.13. The van der Waals surface area contributed by atoms with Gasteiger partial charge >= 0.3 is 12.0 Å². The molecule has 2 unspecified atom stereocenters. The summed E-state index contributed by atoms with van der Waals surface area (Å²) in [6, 6.07) is 7.15. The van der Waals surface area contributed by atoms with Gasteiger partial charge in [0.15, 0.2) is 0 Å². The van der Waals surface area contributed by atoms with Crippen LogP contribution in [-0.4, -0.2) is 22.6 Å². The lowest BCUT2D eigenvalue weighted by Gasteiger charge is -2.26. The molecule has 1 aromatic carbocycles. The first kappa shape index (κ1) is 16.0. The second-order valence-electron chi connectivity index (χ2n) is 5.22. The van der Waals surface area contributed by atoms with Crippen LogP contribution >= 0.6 is 0 Å². The van der Waals surface area contributed by atoms with Gasteiger partial charge in [-0.1, -0.05) is 36.8 Å². The Labute approximate surface area is 119 Å². The summed E-state index contributed by atoms with van der Waals surface area (Å²) in [6.07, 6.45) is 0.314. The van der Waals surface area contributed by atoms with Gasteiger partial charge < -0.3 is 15.7 Å². The average molecular weight is 278 g/mol. The molecule has 0 saturated heterocycles. The van der Waals surface area contributed by atoms with Crippen molar-refractivity contribution >= 4 is 12.0 Å². The zero-order valence-corrected chi connectivity index (χ0v) is 12.4. The van der Waals surface area contributed by atoms with Gasteiger partial charge in [0.05, 0.1) is 6.04 Å². The lowest BCUT2D eigenvalue weighted by Crippen LogP contribution is -2.55. The molecular formula is C15H22N2O3. The molecule has 0 spiro atoms. The molecule has 0 radical (unpaired) electrons. The summed E-state index contributed by atoms with van der Waals surface area (Å²) in [7, 11) is 0. The number of hydrogen-bond acceptors (Lipinski definition) is 2. The normalized spacial score (nSPS) is 15.0. The molecule has 0 aliphatic heterocycles. The fourth-order valence-electron chi connectivity index (χ4n) is 1.71. The smallest absolute Gasteiger partial charge is 0.329 e. The predicted molar refractivity (Wildman–Crippen MR) is 77.6 cm³/mol. The van der Waals surface area contributed by atoms with Crippen LogP contribution in [0.25, 0.3) is 0 Å². The Morgan fingerprint density at radius 1 is 1.30 bits per heavy atom. The molecule has 0 aromatic heterocycles. The molecule has 5 nitrogen and oxygen atoms in total. The van der Waals surface area contributed by atoms with Crippen LogP contribution in [0.2, 0.25) is 0 Å². The first-order valence-electron chi connectivity index (χ1n) is 6.67. The Morgan fingerprint density at radius 2 is 1.85 bits per heavy atom. The maximum Gasteiger partial charge on any atom is 0.329 e. The standard InChI is InChI=1S/C15H22N2O3/c1-5-15(4,13(18)19)17-14(20)16-11(3)12-8-6-10(2)7-9-12/h6-9,11H,5H2,1-4H3,(H,18,19)(H2,16,17,20). The quantitative estimate of drug-likeness (QED) is 0.774. The average Bonchev–Trinajstić information content (AvgIpc) is 2.38. The predicted octanol–water partition coefficient (Wildman–Crippen LogP) is 2.61. The van der Waals surface area contributed by atoms with E-state index < -0.39 is 17.5 Å². The summed E-state index contributed by atoms with van der Waals surface area (Å²) in [4.78, 5) is 23.0. The highest BCUT2D eigenvalue weighted by Gasteiger charge is 2.33. The zero-order chi connectivity index (χ0) is 15.3. The summed E-state index contributed by atoms with van der Waals surface area (Å²) in [6.45, 7) is 7.06. The molecule has 0 saturated carbocycles. The highest BCUT2D eigenvalue weighted by atomic mass is 16.4. The zero-order valence-electron chi connectivity index (χ0n) is 12.4. The van der Waals surface area contributed by atoms with E-state index in [2.05, 4.69) is 10.6 Å². The van der Waals surface area contributed by atoms with E-state index in [9.17, 15) is 9.59 Å². The highest BCUT2D eigenvalue weighted by Crippen LogP contribution is 2.14. The molecule has 110 valence electrons. The van der Waals surface area contributed by atoms with E-state index >= 15 is 0 Å². The number of carbonyl (C=O) groups excluding carboxylic acids is 1. The third kappa shape index (κ3) is 3.98. The monoisotopic (exact) mass is 278 g/mol. The molecular weight excluding hydrogens is 256 g/mol. The number of aryl methyl sites for hydroxylation is 1. The van der Waals surface area contributed by atoms with Crippen molar-refractivity contribution in [2.45, 2.75) is 45.7 Å². The molecule has 0 heterocycles. The molecule has 2 amide bonds. The summed E-state index contributed by atoms with van der Waals surface area (Å²) in [5, 5.41) is 14.4. The molecule has 2 atom stereocenters. The van der Waals surface area contributed by atoms with Crippen LogP contribution in [0.4, 0.5) is 4.79 Å². The molecule has 20 heavy (non-hydrogen) atoms. The molecule has 0 fully saturated rings. The number of urea groups is 1. The minimum Gasteiger partial charge on any atom is -0.480 e. The van der Waals surface area contributed by atoms with Crippen molar-refractivity contribution in [2.24, 2.45) is 0 Å². The molecule has 0 bridgehead atoms. The fraction of sp³-hybridized carbons (Fsp3) is 0.467. The van der Waals surface area contributed by atoms with Crippen LogP contribution < -0.4 is 10.6 Å². The van der Waals surface area contributed by atoms with E-state index in [1.807, 2.05) is 38.1 Å². The van der Waals surface area contributed by atoms with Crippen LogP contribution in [-0.2, 0) is 4.79 Å². The molecule has 1 aromatic rings. The van der Waals surface area contributed by atoms with Crippen molar-refractivity contribution in [1.29, 1.82) is 0 Å². The summed E-state index contributed by atoms with van der Waals surface area (Å²) >= 11 is 0. The van der Waals surface area contributed by atoms with Crippen LogP contribution in [0.15, 0.2) is 24.3 Å². The second-order valence-corrected chi connectivity index (χ2v) is 5.22. The second kappa shape index (κ2) is 6.41. The van der Waals surface area contributed by atoms with Crippen LogP contribution in [0.3, 0.4) is 0 Å². The van der Waals surface area contributed by atoms with Gasteiger partial charge in [0.25, 0.3) is 0 Å². The van der Waals surface area contributed by atoms with Crippen molar-refractivity contribution in [3.63, 3.8) is 0 Å². The SMILES string of the molecule is CCC(C)(NC(=O)NC(C)c1ccc(C)cc1)C(=O)O. The summed E-state index contributed by atoms with van der Waals surface area (Å²) in [5.74, 6) is -1.04. The number of amides is 2. The van der Waals surface area contributed by atoms with E-state index in [-0.39, 0.29) is 6.04 Å². The number of benzene rings is 1. The Balaban J connectivity index is 2.66. The lowest BCUT2D eigenvalue weighted by atomic mass is 9.99. The maximum absolute atomic E-state index is 11.9. The van der Waals surface area contributed by atoms with Gasteiger partial charge in [0, 0.05) is 0 Å². The lowest BCUT2D eigenvalue weighted by molar-refractivity contribution is -0.143. The highest BCUT2D eigenvalue weighted by molar-refractivity contribution is 5.85. The van der Waals surface area contributed by atoms with Gasteiger partial charge in [-0.3, -0.25) is 0 Å². The van der Waals surface area contributed by atoms with Crippen molar-refractivity contribution in [2.75, 3.05) is 0 Å². The fourth-order valence-corrected chi connectivity index (χ4v) is 1.71. The van der Waals surface area contributed by atoms with Gasteiger partial charge in [0.2, 0.25) is 0 Å². The topological polar surface area (TPSA) is 78.4 Å². The number of carboxylic acids is 1. The number of carbonyl (C=O) groups is 2. The van der Waals surface area contributed by atoms with Gasteiger partial charge in [-0.2, -0.15) is 0 Å². The van der Waals surface area contributed by atoms with Crippen LogP contribution in [0.1, 0.15) is 44.4 Å². The molecule has 1 rings (SSSR count). The molecule has 3 N–H and O–H groups in total. The van der Waals surface area contributed by atoms with Gasteiger partial charge in [-0.25, -0.2) is 9.59 Å². The third-order valence-corrected chi connectivity index (χ3v) is 3.49. The van der Waals surface area contributed by atoms with E-state index in [0.29, 0.717) is 6.42 Å². The van der Waals surface area contributed by atoms with E-state index in [1.165, 1.54) is 6.92 Å². The number of carboxylic acid groups (broad SMARTS) is 1. The van der Waals surface area contributed by atoms with Crippen molar-refractivity contribution in [1.82, 2.24) is 10.6 Å². The maximum atomic E-state index is 11.9. The number of nitrogens with one attached hydrogen (secondary N) is 2. The Bertz CT molecular complexity index is 484. The number of hydrogen-bond donors (Lipinski definition) is 3. The summed E-state index contributed by atoms with van der Waals surface area (Å²) in [5.41, 5.74) is 0.867. The van der Waals surface area contributed by atoms with Gasteiger partial charge in [0.1, 0.15) is 5.54 Å².